The summed E-state index contributed by atoms with van der Waals surface area (Å²) in [4.78, 5) is 11.9. The van der Waals surface area contributed by atoms with Crippen LogP contribution in [0.15, 0.2) is 36.4 Å². The zero-order chi connectivity index (χ0) is 18.4. The maximum atomic E-state index is 11.9. The number of para-hydroxylation sites is 1. The molecule has 0 saturated heterocycles. The Morgan fingerprint density at radius 2 is 2.00 bits per heavy atom. The summed E-state index contributed by atoms with van der Waals surface area (Å²) in [6, 6.07) is 12.4. The highest BCUT2D eigenvalue weighted by molar-refractivity contribution is 8.13. The molecule has 2 aromatic rings. The fourth-order valence-corrected chi connectivity index (χ4v) is 2.98. The summed E-state index contributed by atoms with van der Waals surface area (Å²) in [5, 5.41) is 2.97. The first kappa shape index (κ1) is 19.4. The Labute approximate surface area is 155 Å². The molecule has 0 bridgehead atoms. The van der Waals surface area contributed by atoms with E-state index in [4.69, 9.17) is 4.74 Å². The van der Waals surface area contributed by atoms with Crippen LogP contribution in [0.4, 0.5) is 10.5 Å². The van der Waals surface area contributed by atoms with E-state index >= 15 is 0 Å². The van der Waals surface area contributed by atoms with Gasteiger partial charge in [-0.05, 0) is 48.3 Å². The summed E-state index contributed by atoms with van der Waals surface area (Å²) in [5.74, 6) is 1.21. The van der Waals surface area contributed by atoms with Gasteiger partial charge in [-0.3, -0.25) is 4.79 Å². The molecule has 0 radical (unpaired) electrons. The third-order valence-electron chi connectivity index (χ3n) is 4.25. The van der Waals surface area contributed by atoms with Gasteiger partial charge in [0, 0.05) is 5.56 Å². The van der Waals surface area contributed by atoms with Crippen molar-refractivity contribution in [3.8, 4) is 5.75 Å². The third-order valence-corrected chi connectivity index (χ3v) is 4.72. The first-order chi connectivity index (χ1) is 12.0. The summed E-state index contributed by atoms with van der Waals surface area (Å²) in [6.45, 7) is 8.89. The lowest BCUT2D eigenvalue weighted by atomic mass is 9.98. The van der Waals surface area contributed by atoms with Gasteiger partial charge in [-0.15, -0.1) is 0 Å². The van der Waals surface area contributed by atoms with Crippen LogP contribution in [0, 0.1) is 6.92 Å². The molecule has 0 aliphatic heterocycles. The highest BCUT2D eigenvalue weighted by atomic mass is 32.2. The molecule has 0 heterocycles. The molecule has 2 rings (SSSR count). The second-order valence-electron chi connectivity index (χ2n) is 6.39. The maximum Gasteiger partial charge on any atom is 0.283 e. The molecular formula is C21H27NO2S. The zero-order valence-corrected chi connectivity index (χ0v) is 16.5. The number of ether oxygens (including phenoxy) is 1. The quantitative estimate of drug-likeness (QED) is 0.673. The van der Waals surface area contributed by atoms with Crippen molar-refractivity contribution in [2.24, 2.45) is 0 Å². The van der Waals surface area contributed by atoms with Gasteiger partial charge in [-0.25, -0.2) is 0 Å². The molecular weight excluding hydrogens is 330 g/mol. The number of amides is 1. The lowest BCUT2D eigenvalue weighted by molar-refractivity contribution is 0.269. The number of benzene rings is 2. The van der Waals surface area contributed by atoms with Crippen molar-refractivity contribution in [2.75, 3.05) is 11.6 Å². The van der Waals surface area contributed by atoms with Crippen LogP contribution in [0.25, 0.3) is 0 Å². The highest BCUT2D eigenvalue weighted by Gasteiger charge is 2.14. The summed E-state index contributed by atoms with van der Waals surface area (Å²) in [6.07, 6.45) is 2.80. The van der Waals surface area contributed by atoms with Crippen LogP contribution in [0.1, 0.15) is 48.9 Å². The highest BCUT2D eigenvalue weighted by Crippen LogP contribution is 2.30. The fraction of sp³-hybridized carbons (Fsp3) is 0.381. The Morgan fingerprint density at radius 3 is 2.60 bits per heavy atom. The number of carbonyl (C=O) groups is 1. The van der Waals surface area contributed by atoms with Crippen molar-refractivity contribution in [3.63, 3.8) is 0 Å². The largest absolute Gasteiger partial charge is 0.489 e. The first-order valence-electron chi connectivity index (χ1n) is 8.65. The smallest absolute Gasteiger partial charge is 0.283 e. The van der Waals surface area contributed by atoms with Gasteiger partial charge < -0.3 is 10.1 Å². The Hall–Kier alpha value is -1.94. The van der Waals surface area contributed by atoms with Crippen molar-refractivity contribution < 1.29 is 9.53 Å². The molecule has 0 unspecified atom stereocenters. The van der Waals surface area contributed by atoms with Gasteiger partial charge >= 0.3 is 0 Å². The van der Waals surface area contributed by atoms with E-state index in [2.05, 4.69) is 51.2 Å². The predicted octanol–water partition coefficient (Wildman–Crippen LogP) is 6.15. The summed E-state index contributed by atoms with van der Waals surface area (Å²) < 4.78 is 6.05. The molecule has 0 aliphatic rings. The van der Waals surface area contributed by atoms with E-state index in [1.165, 1.54) is 17.3 Å². The molecule has 4 heteroatoms. The molecule has 134 valence electrons. The minimum absolute atomic E-state index is 0.0576. The summed E-state index contributed by atoms with van der Waals surface area (Å²) in [5.41, 5.74) is 5.43. The number of rotatable bonds is 6. The second kappa shape index (κ2) is 8.95. The average Bonchev–Trinajstić information content (AvgIpc) is 2.60. The Bertz CT molecular complexity index is 741. The number of thioether (sulfide) groups is 1. The van der Waals surface area contributed by atoms with Crippen LogP contribution in [0.2, 0.25) is 0 Å². The van der Waals surface area contributed by atoms with E-state index < -0.39 is 0 Å². The number of aryl methyl sites for hydroxylation is 2. The molecule has 1 N–H and O–H groups in total. The molecule has 3 nitrogen and oxygen atoms in total. The van der Waals surface area contributed by atoms with Crippen molar-refractivity contribution in [3.05, 3.63) is 58.7 Å². The number of anilines is 1. The Kier molecular flexibility index (Phi) is 6.94. The Morgan fingerprint density at radius 1 is 1.24 bits per heavy atom. The third kappa shape index (κ3) is 5.02. The molecule has 2 aromatic carbocycles. The minimum Gasteiger partial charge on any atom is -0.489 e. The van der Waals surface area contributed by atoms with E-state index in [-0.39, 0.29) is 5.24 Å². The maximum absolute atomic E-state index is 11.9. The van der Waals surface area contributed by atoms with Crippen LogP contribution in [-0.2, 0) is 13.0 Å². The lowest BCUT2D eigenvalue weighted by Gasteiger charge is -2.18. The fourth-order valence-electron chi connectivity index (χ4n) is 2.78. The number of carbonyl (C=O) groups excluding carboxylic acids is 1. The number of hydrogen-bond donors (Lipinski definition) is 1. The molecule has 0 spiro atoms. The van der Waals surface area contributed by atoms with Gasteiger partial charge in [-0.2, -0.15) is 0 Å². The van der Waals surface area contributed by atoms with Crippen molar-refractivity contribution in [1.82, 2.24) is 0 Å². The van der Waals surface area contributed by atoms with Gasteiger partial charge in [0.15, 0.2) is 0 Å². The van der Waals surface area contributed by atoms with Gasteiger partial charge in [0.1, 0.15) is 12.4 Å². The van der Waals surface area contributed by atoms with Crippen molar-refractivity contribution in [2.45, 2.75) is 46.6 Å². The average molecular weight is 358 g/mol. The van der Waals surface area contributed by atoms with Crippen LogP contribution in [0.5, 0.6) is 5.75 Å². The van der Waals surface area contributed by atoms with E-state index in [0.717, 1.165) is 34.5 Å². The minimum atomic E-state index is -0.0576. The van der Waals surface area contributed by atoms with Gasteiger partial charge in [0.25, 0.3) is 5.24 Å². The van der Waals surface area contributed by atoms with Crippen molar-refractivity contribution >= 4 is 22.7 Å². The number of hydrogen-bond acceptors (Lipinski definition) is 3. The SMILES string of the molecule is CCc1ccc(OCc2cccc(C(C)C)c2NC(=O)SC)c(C)c1. The monoisotopic (exact) mass is 357 g/mol. The zero-order valence-electron chi connectivity index (χ0n) is 15.7. The normalized spacial score (nSPS) is 10.8. The molecule has 25 heavy (non-hydrogen) atoms. The van der Waals surface area contributed by atoms with Crippen LogP contribution in [-0.4, -0.2) is 11.5 Å². The standard InChI is InChI=1S/C21H27NO2S/c1-6-16-10-11-19(15(4)12-16)24-13-17-8-7-9-18(14(2)3)20(17)22-21(23)25-5/h7-12,14H,6,13H2,1-5H3,(H,22,23). The number of nitrogens with one attached hydrogen (secondary N) is 1. The first-order valence-corrected chi connectivity index (χ1v) is 9.87. The van der Waals surface area contributed by atoms with E-state index in [1.54, 1.807) is 6.26 Å². The Balaban J connectivity index is 2.26. The molecule has 0 atom stereocenters. The van der Waals surface area contributed by atoms with Gasteiger partial charge in [0.2, 0.25) is 0 Å². The van der Waals surface area contributed by atoms with E-state index in [9.17, 15) is 4.79 Å². The van der Waals surface area contributed by atoms with Gasteiger partial charge in [0.05, 0.1) is 5.69 Å². The van der Waals surface area contributed by atoms with E-state index in [0.29, 0.717) is 12.5 Å². The molecule has 0 aliphatic carbocycles. The van der Waals surface area contributed by atoms with Crippen molar-refractivity contribution in [1.29, 1.82) is 0 Å². The molecule has 0 aromatic heterocycles. The van der Waals surface area contributed by atoms with E-state index in [1.807, 2.05) is 18.2 Å². The van der Waals surface area contributed by atoms with Crippen LogP contribution >= 0.6 is 11.8 Å². The molecule has 0 fully saturated rings. The summed E-state index contributed by atoms with van der Waals surface area (Å²) in [7, 11) is 0. The molecule has 0 saturated carbocycles. The van der Waals surface area contributed by atoms with Crippen LogP contribution < -0.4 is 10.1 Å². The van der Waals surface area contributed by atoms with Crippen LogP contribution in [0.3, 0.4) is 0 Å². The van der Waals surface area contributed by atoms with Gasteiger partial charge in [-0.1, -0.05) is 62.9 Å². The summed E-state index contributed by atoms with van der Waals surface area (Å²) >= 11 is 1.18. The molecule has 1 amide bonds. The predicted molar refractivity (Wildman–Crippen MR) is 108 cm³/mol. The topological polar surface area (TPSA) is 38.3 Å². The lowest BCUT2D eigenvalue weighted by Crippen LogP contribution is -2.11. The second-order valence-corrected chi connectivity index (χ2v) is 7.17.